The van der Waals surface area contributed by atoms with Gasteiger partial charge < -0.3 is 10.5 Å². The second kappa shape index (κ2) is 6.69. The van der Waals surface area contributed by atoms with Crippen molar-refractivity contribution in [3.63, 3.8) is 0 Å². The van der Waals surface area contributed by atoms with Crippen LogP contribution in [0.2, 0.25) is 0 Å². The summed E-state index contributed by atoms with van der Waals surface area (Å²) in [5, 5.41) is 0. The summed E-state index contributed by atoms with van der Waals surface area (Å²) in [5.41, 5.74) is 5.38. The molecule has 1 rings (SSSR count). The second-order valence-corrected chi connectivity index (χ2v) is 6.52. The standard InChI is InChI=1S/C14H20FIN2O2/c1-5-10(14(3,4)20-13(17)19)8(2)9-7-18-12(15)6-11(9)16/h6-8,10H,5H2,1-4H3,(H2,17,19). The zero-order chi connectivity index (χ0) is 15.5. The molecule has 4 nitrogen and oxygen atoms in total. The number of hydrogen-bond acceptors (Lipinski definition) is 3. The average molecular weight is 394 g/mol. The SMILES string of the molecule is CCC(C(C)c1cnc(F)cc1I)C(C)(C)OC(N)=O. The van der Waals surface area contributed by atoms with Crippen LogP contribution in [0, 0.1) is 15.4 Å². The number of hydrogen-bond donors (Lipinski definition) is 1. The normalized spacial score (nSPS) is 14.7. The van der Waals surface area contributed by atoms with Gasteiger partial charge in [0.1, 0.15) is 5.60 Å². The number of halogens is 2. The van der Waals surface area contributed by atoms with Crippen molar-refractivity contribution in [3.05, 3.63) is 27.3 Å². The van der Waals surface area contributed by atoms with Gasteiger partial charge in [0.2, 0.25) is 5.95 Å². The lowest BCUT2D eigenvalue weighted by Crippen LogP contribution is -2.40. The maximum absolute atomic E-state index is 13.1. The van der Waals surface area contributed by atoms with E-state index in [9.17, 15) is 9.18 Å². The van der Waals surface area contributed by atoms with Crippen LogP contribution in [-0.4, -0.2) is 16.7 Å². The molecule has 0 saturated carbocycles. The maximum atomic E-state index is 13.1. The van der Waals surface area contributed by atoms with E-state index in [4.69, 9.17) is 10.5 Å². The maximum Gasteiger partial charge on any atom is 0.405 e. The third kappa shape index (κ3) is 4.04. The van der Waals surface area contributed by atoms with Gasteiger partial charge >= 0.3 is 6.09 Å². The Morgan fingerprint density at radius 1 is 1.60 bits per heavy atom. The minimum Gasteiger partial charge on any atom is -0.443 e. The van der Waals surface area contributed by atoms with Crippen LogP contribution in [0.4, 0.5) is 9.18 Å². The van der Waals surface area contributed by atoms with Gasteiger partial charge in [-0.3, -0.25) is 0 Å². The number of pyridine rings is 1. The third-order valence-corrected chi connectivity index (χ3v) is 4.57. The molecule has 1 aromatic heterocycles. The summed E-state index contributed by atoms with van der Waals surface area (Å²) < 4.78 is 19.2. The van der Waals surface area contributed by atoms with Crippen molar-refractivity contribution in [1.29, 1.82) is 0 Å². The smallest absolute Gasteiger partial charge is 0.405 e. The lowest BCUT2D eigenvalue weighted by Gasteiger charge is -2.37. The van der Waals surface area contributed by atoms with Gasteiger partial charge in [0.05, 0.1) is 0 Å². The molecule has 1 aromatic rings. The van der Waals surface area contributed by atoms with E-state index in [1.54, 1.807) is 6.20 Å². The van der Waals surface area contributed by atoms with E-state index in [0.717, 1.165) is 15.6 Å². The lowest BCUT2D eigenvalue weighted by atomic mass is 9.76. The van der Waals surface area contributed by atoms with Gasteiger partial charge in [-0.1, -0.05) is 13.8 Å². The molecular weight excluding hydrogens is 374 g/mol. The molecule has 0 aliphatic heterocycles. The molecule has 0 bridgehead atoms. The predicted octanol–water partition coefficient (Wildman–Crippen LogP) is 3.83. The van der Waals surface area contributed by atoms with Crippen molar-refractivity contribution in [2.24, 2.45) is 11.7 Å². The molecule has 0 aliphatic rings. The Morgan fingerprint density at radius 2 is 2.20 bits per heavy atom. The van der Waals surface area contributed by atoms with Crippen molar-refractivity contribution in [1.82, 2.24) is 4.98 Å². The largest absolute Gasteiger partial charge is 0.443 e. The highest BCUT2D eigenvalue weighted by Gasteiger charge is 2.36. The van der Waals surface area contributed by atoms with E-state index in [0.29, 0.717) is 0 Å². The predicted molar refractivity (Wildman–Crippen MR) is 83.9 cm³/mol. The Labute approximate surface area is 132 Å². The van der Waals surface area contributed by atoms with E-state index in [-0.39, 0.29) is 11.8 Å². The van der Waals surface area contributed by atoms with Crippen LogP contribution >= 0.6 is 22.6 Å². The van der Waals surface area contributed by atoms with E-state index in [1.807, 2.05) is 27.7 Å². The Bertz CT molecular complexity index is 494. The van der Waals surface area contributed by atoms with E-state index >= 15 is 0 Å². The van der Waals surface area contributed by atoms with Crippen molar-refractivity contribution in [2.45, 2.75) is 45.6 Å². The Balaban J connectivity index is 3.08. The molecule has 2 N–H and O–H groups in total. The average Bonchev–Trinajstić information content (AvgIpc) is 2.26. The van der Waals surface area contributed by atoms with Gasteiger partial charge in [0, 0.05) is 21.8 Å². The van der Waals surface area contributed by atoms with Crippen molar-refractivity contribution in [3.8, 4) is 0 Å². The zero-order valence-electron chi connectivity index (χ0n) is 12.1. The first-order chi connectivity index (χ1) is 9.19. The van der Waals surface area contributed by atoms with Crippen LogP contribution in [0.25, 0.3) is 0 Å². The minimum absolute atomic E-state index is 0.0516. The molecule has 0 spiro atoms. The number of carbonyl (C=O) groups excluding carboxylic acids is 1. The molecule has 1 heterocycles. The lowest BCUT2D eigenvalue weighted by molar-refractivity contribution is -0.0109. The highest BCUT2D eigenvalue weighted by Crippen LogP contribution is 2.38. The fourth-order valence-corrected chi connectivity index (χ4v) is 3.64. The molecule has 20 heavy (non-hydrogen) atoms. The molecular formula is C14H20FIN2O2. The summed E-state index contributed by atoms with van der Waals surface area (Å²) in [4.78, 5) is 14.8. The number of aromatic nitrogens is 1. The van der Waals surface area contributed by atoms with Gasteiger partial charge in [-0.15, -0.1) is 0 Å². The molecule has 0 fully saturated rings. The molecule has 0 aliphatic carbocycles. The molecule has 0 aromatic carbocycles. The highest BCUT2D eigenvalue weighted by molar-refractivity contribution is 14.1. The monoisotopic (exact) mass is 394 g/mol. The van der Waals surface area contributed by atoms with Crippen LogP contribution in [0.1, 0.15) is 45.6 Å². The summed E-state index contributed by atoms with van der Waals surface area (Å²) in [7, 11) is 0. The molecule has 112 valence electrons. The number of amides is 1. The molecule has 0 saturated heterocycles. The molecule has 2 atom stereocenters. The van der Waals surface area contributed by atoms with Gasteiger partial charge in [-0.05, 0) is 54.3 Å². The summed E-state index contributed by atoms with van der Waals surface area (Å²) >= 11 is 2.09. The van der Waals surface area contributed by atoms with Crippen LogP contribution in [0.5, 0.6) is 0 Å². The Morgan fingerprint density at radius 3 is 2.65 bits per heavy atom. The van der Waals surface area contributed by atoms with Gasteiger partial charge in [0.25, 0.3) is 0 Å². The minimum atomic E-state index is -0.785. The molecule has 0 radical (unpaired) electrons. The van der Waals surface area contributed by atoms with E-state index in [1.165, 1.54) is 6.07 Å². The topological polar surface area (TPSA) is 65.2 Å². The number of carbonyl (C=O) groups is 1. The van der Waals surface area contributed by atoms with Crippen molar-refractivity contribution < 1.29 is 13.9 Å². The zero-order valence-corrected chi connectivity index (χ0v) is 14.3. The molecule has 6 heteroatoms. The molecule has 2 unspecified atom stereocenters. The van der Waals surface area contributed by atoms with Gasteiger partial charge in [-0.2, -0.15) is 4.39 Å². The van der Waals surface area contributed by atoms with Gasteiger partial charge in [0.15, 0.2) is 0 Å². The Kier molecular flexibility index (Phi) is 5.73. The summed E-state index contributed by atoms with van der Waals surface area (Å²) in [5.74, 6) is -0.379. The van der Waals surface area contributed by atoms with Crippen LogP contribution in [0.15, 0.2) is 12.3 Å². The second-order valence-electron chi connectivity index (χ2n) is 5.36. The fourth-order valence-electron chi connectivity index (χ4n) is 2.75. The van der Waals surface area contributed by atoms with Crippen LogP contribution < -0.4 is 5.73 Å². The fraction of sp³-hybridized carbons (Fsp3) is 0.571. The number of rotatable bonds is 5. The number of primary amides is 1. The van der Waals surface area contributed by atoms with Crippen LogP contribution in [0.3, 0.4) is 0 Å². The number of nitrogens with zero attached hydrogens (tertiary/aromatic N) is 1. The number of ether oxygens (including phenoxy) is 1. The highest BCUT2D eigenvalue weighted by atomic mass is 127. The molecule has 1 amide bonds. The quantitative estimate of drug-likeness (QED) is 0.610. The third-order valence-electron chi connectivity index (χ3n) is 3.64. The summed E-state index contributed by atoms with van der Waals surface area (Å²) in [6.45, 7) is 7.73. The van der Waals surface area contributed by atoms with E-state index < -0.39 is 17.6 Å². The van der Waals surface area contributed by atoms with Crippen molar-refractivity contribution in [2.75, 3.05) is 0 Å². The van der Waals surface area contributed by atoms with Crippen LogP contribution in [-0.2, 0) is 4.74 Å². The Hall–Kier alpha value is -0.920. The number of nitrogens with two attached hydrogens (primary N) is 1. The summed E-state index contributed by atoms with van der Waals surface area (Å²) in [6.07, 6.45) is 1.56. The van der Waals surface area contributed by atoms with E-state index in [2.05, 4.69) is 27.6 Å². The first kappa shape index (κ1) is 17.1. The van der Waals surface area contributed by atoms with Crippen molar-refractivity contribution >= 4 is 28.7 Å². The first-order valence-electron chi connectivity index (χ1n) is 6.48. The summed E-state index contributed by atoms with van der Waals surface area (Å²) in [6, 6.07) is 1.40. The first-order valence-corrected chi connectivity index (χ1v) is 7.56. The van der Waals surface area contributed by atoms with Gasteiger partial charge in [-0.25, -0.2) is 9.78 Å².